The second kappa shape index (κ2) is 5.80. The van der Waals surface area contributed by atoms with E-state index in [0.29, 0.717) is 5.70 Å². The van der Waals surface area contributed by atoms with Gasteiger partial charge in [-0.25, -0.2) is 0 Å². The zero-order valence-corrected chi connectivity index (χ0v) is 11.9. The van der Waals surface area contributed by atoms with Crippen LogP contribution in [-0.4, -0.2) is 6.26 Å². The highest BCUT2D eigenvalue weighted by Gasteiger charge is 2.24. The first-order chi connectivity index (χ1) is 8.27. The van der Waals surface area contributed by atoms with Crippen molar-refractivity contribution in [2.24, 2.45) is 5.18 Å². The molecule has 88 valence electrons. The maximum absolute atomic E-state index is 10.7. The van der Waals surface area contributed by atoms with Crippen LogP contribution < -0.4 is 0 Å². The molecule has 0 aromatic heterocycles. The molecule has 0 saturated heterocycles. The third-order valence-electron chi connectivity index (χ3n) is 2.35. The van der Waals surface area contributed by atoms with E-state index in [0.717, 1.165) is 16.0 Å². The van der Waals surface area contributed by atoms with Gasteiger partial charge < -0.3 is 0 Å². The molecule has 1 heterocycles. The number of hydrogen-bond donors (Lipinski definition) is 0. The van der Waals surface area contributed by atoms with Gasteiger partial charge in [-0.15, -0.1) is 16.7 Å². The Hall–Kier alpha value is -0.650. The highest BCUT2D eigenvalue weighted by Crippen LogP contribution is 2.57. The van der Waals surface area contributed by atoms with Crippen LogP contribution in [0.1, 0.15) is 12.5 Å². The van der Waals surface area contributed by atoms with E-state index >= 15 is 0 Å². The van der Waals surface area contributed by atoms with Crippen LogP contribution in [0.5, 0.6) is 0 Å². The Bertz CT molecular complexity index is 494. The first-order valence-electron chi connectivity index (χ1n) is 5.00. The summed E-state index contributed by atoms with van der Waals surface area (Å²) in [5, 5.41) is 3.07. The van der Waals surface area contributed by atoms with E-state index in [1.807, 2.05) is 18.2 Å². The molecule has 1 aliphatic rings. The zero-order chi connectivity index (χ0) is 12.3. The maximum Gasteiger partial charge on any atom is 0.0969 e. The SMILES string of the molecule is CSC1=C(c2ccccc2)/C(=C(\C)N=O)SS1. The van der Waals surface area contributed by atoms with Crippen LogP contribution in [0.15, 0.2) is 50.3 Å². The van der Waals surface area contributed by atoms with Crippen molar-refractivity contribution in [3.05, 3.63) is 55.6 Å². The topological polar surface area (TPSA) is 29.4 Å². The lowest BCUT2D eigenvalue weighted by Crippen LogP contribution is -1.86. The number of benzene rings is 1. The average molecular weight is 281 g/mol. The summed E-state index contributed by atoms with van der Waals surface area (Å²) in [6, 6.07) is 10.1. The molecule has 2 nitrogen and oxygen atoms in total. The highest BCUT2D eigenvalue weighted by atomic mass is 33.1. The summed E-state index contributed by atoms with van der Waals surface area (Å²) < 4.78 is 1.24. The van der Waals surface area contributed by atoms with Crippen LogP contribution in [0, 0.1) is 4.91 Å². The molecule has 0 unspecified atom stereocenters. The molecule has 1 aliphatic heterocycles. The Kier molecular flexibility index (Phi) is 4.36. The lowest BCUT2D eigenvalue weighted by atomic mass is 10.1. The van der Waals surface area contributed by atoms with Crippen molar-refractivity contribution in [2.45, 2.75) is 6.92 Å². The van der Waals surface area contributed by atoms with Crippen LogP contribution in [0.25, 0.3) is 5.57 Å². The Balaban J connectivity index is 2.56. The van der Waals surface area contributed by atoms with E-state index in [-0.39, 0.29) is 0 Å². The summed E-state index contributed by atoms with van der Waals surface area (Å²) in [4.78, 5) is 11.7. The highest BCUT2D eigenvalue weighted by molar-refractivity contribution is 8.82. The minimum absolute atomic E-state index is 0.561. The monoisotopic (exact) mass is 281 g/mol. The lowest BCUT2D eigenvalue weighted by molar-refractivity contribution is 1.28. The fourth-order valence-electron chi connectivity index (χ4n) is 1.53. The Labute approximate surface area is 113 Å². The van der Waals surface area contributed by atoms with E-state index in [4.69, 9.17) is 0 Å². The minimum atomic E-state index is 0.561. The third-order valence-corrected chi connectivity index (χ3v) is 6.34. The second-order valence-corrected chi connectivity index (χ2v) is 6.63. The van der Waals surface area contributed by atoms with Crippen molar-refractivity contribution in [1.82, 2.24) is 0 Å². The van der Waals surface area contributed by atoms with Gasteiger partial charge in [-0.1, -0.05) is 30.3 Å². The zero-order valence-electron chi connectivity index (χ0n) is 9.47. The first kappa shape index (κ1) is 12.8. The van der Waals surface area contributed by atoms with Crippen LogP contribution in [-0.2, 0) is 0 Å². The van der Waals surface area contributed by atoms with Crippen molar-refractivity contribution in [2.75, 3.05) is 6.26 Å². The van der Waals surface area contributed by atoms with Gasteiger partial charge >= 0.3 is 0 Å². The van der Waals surface area contributed by atoms with Crippen LogP contribution in [0.2, 0.25) is 0 Å². The van der Waals surface area contributed by atoms with Gasteiger partial charge in [0.05, 0.1) is 14.8 Å². The summed E-state index contributed by atoms with van der Waals surface area (Å²) in [6.45, 7) is 1.77. The van der Waals surface area contributed by atoms with E-state index < -0.39 is 0 Å². The Morgan fingerprint density at radius 3 is 2.53 bits per heavy atom. The third kappa shape index (κ3) is 2.61. The summed E-state index contributed by atoms with van der Waals surface area (Å²) in [5.41, 5.74) is 2.85. The van der Waals surface area contributed by atoms with Crippen molar-refractivity contribution in [3.8, 4) is 0 Å². The first-order valence-corrected chi connectivity index (χ1v) is 8.38. The number of nitroso groups, excluding NO2 is 1. The molecule has 0 atom stereocenters. The van der Waals surface area contributed by atoms with E-state index in [1.54, 1.807) is 40.3 Å². The number of hydrogen-bond acceptors (Lipinski definition) is 5. The molecule has 1 aromatic carbocycles. The molecule has 0 N–H and O–H groups in total. The summed E-state index contributed by atoms with van der Waals surface area (Å²) >= 11 is 1.71. The molecule has 0 fully saturated rings. The molecular weight excluding hydrogens is 270 g/mol. The van der Waals surface area contributed by atoms with E-state index in [1.165, 1.54) is 4.24 Å². The predicted octanol–water partition coefficient (Wildman–Crippen LogP) is 5.11. The standard InChI is InChI=1S/C12H11NOS3/c1-8(13-14)11-10(12(15-2)17-16-11)9-6-4-3-5-7-9/h3-7H,1-2H3/b11-8-. The summed E-state index contributed by atoms with van der Waals surface area (Å²) in [6.07, 6.45) is 2.05. The molecule has 5 heteroatoms. The van der Waals surface area contributed by atoms with Crippen molar-refractivity contribution >= 4 is 38.9 Å². The lowest BCUT2D eigenvalue weighted by Gasteiger charge is -2.06. The molecular formula is C12H11NOS3. The number of thioether (sulfide) groups is 1. The molecule has 0 radical (unpaired) electrons. The van der Waals surface area contributed by atoms with Gasteiger partial charge in [0.15, 0.2) is 0 Å². The fraction of sp³-hybridized carbons (Fsp3) is 0.167. The molecule has 2 rings (SSSR count). The Morgan fingerprint density at radius 2 is 1.94 bits per heavy atom. The average Bonchev–Trinajstić information content (AvgIpc) is 2.82. The summed E-state index contributed by atoms with van der Waals surface area (Å²) in [5.74, 6) is 0. The number of rotatable bonds is 3. The second-order valence-electron chi connectivity index (χ2n) is 3.41. The number of nitrogens with zero attached hydrogens (tertiary/aromatic N) is 1. The van der Waals surface area contributed by atoms with Gasteiger partial charge in [0, 0.05) is 5.57 Å². The number of allylic oxidation sites excluding steroid dienone is 2. The summed E-state index contributed by atoms with van der Waals surface area (Å²) in [7, 11) is 3.32. The van der Waals surface area contributed by atoms with Gasteiger partial charge in [0.2, 0.25) is 0 Å². The quantitative estimate of drug-likeness (QED) is 0.568. The normalized spacial score (nSPS) is 18.5. The van der Waals surface area contributed by atoms with Crippen LogP contribution >= 0.6 is 33.3 Å². The van der Waals surface area contributed by atoms with Gasteiger partial charge in [-0.2, -0.15) is 0 Å². The van der Waals surface area contributed by atoms with Crippen molar-refractivity contribution < 1.29 is 0 Å². The molecule has 17 heavy (non-hydrogen) atoms. The minimum Gasteiger partial charge on any atom is -0.145 e. The predicted molar refractivity (Wildman–Crippen MR) is 80.6 cm³/mol. The fourth-order valence-corrected chi connectivity index (χ4v) is 5.53. The van der Waals surface area contributed by atoms with Crippen molar-refractivity contribution in [1.29, 1.82) is 0 Å². The van der Waals surface area contributed by atoms with Crippen LogP contribution in [0.3, 0.4) is 0 Å². The molecule has 0 saturated carbocycles. The Morgan fingerprint density at radius 1 is 1.24 bits per heavy atom. The van der Waals surface area contributed by atoms with E-state index in [9.17, 15) is 4.91 Å². The van der Waals surface area contributed by atoms with Crippen LogP contribution in [0.4, 0.5) is 0 Å². The smallest absolute Gasteiger partial charge is 0.0969 e. The van der Waals surface area contributed by atoms with Gasteiger partial charge in [-0.05, 0) is 45.5 Å². The van der Waals surface area contributed by atoms with Gasteiger partial charge in [0.1, 0.15) is 0 Å². The van der Waals surface area contributed by atoms with Gasteiger partial charge in [-0.3, -0.25) is 0 Å². The van der Waals surface area contributed by atoms with Gasteiger partial charge in [0.25, 0.3) is 0 Å². The van der Waals surface area contributed by atoms with Crippen molar-refractivity contribution in [3.63, 3.8) is 0 Å². The molecule has 0 amide bonds. The maximum atomic E-state index is 10.7. The molecule has 1 aromatic rings. The molecule has 0 bridgehead atoms. The molecule has 0 aliphatic carbocycles. The molecule has 0 spiro atoms. The largest absolute Gasteiger partial charge is 0.145 e. The van der Waals surface area contributed by atoms with E-state index in [2.05, 4.69) is 23.6 Å².